The number of anilines is 1. The van der Waals surface area contributed by atoms with Gasteiger partial charge in [0.15, 0.2) is 5.82 Å². The Kier molecular flexibility index (Phi) is 4.39. The van der Waals surface area contributed by atoms with Crippen molar-refractivity contribution in [3.63, 3.8) is 0 Å². The number of aryl methyl sites for hydroxylation is 1. The first kappa shape index (κ1) is 18.9. The van der Waals surface area contributed by atoms with Gasteiger partial charge < -0.3 is 19.3 Å². The van der Waals surface area contributed by atoms with Crippen LogP contribution in [0.2, 0.25) is 0 Å². The first-order valence-corrected chi connectivity index (χ1v) is 10.0. The number of fused-ring (bicyclic) bond motifs is 1. The van der Waals surface area contributed by atoms with Gasteiger partial charge in [-0.1, -0.05) is 29.4 Å². The maximum atomic E-state index is 13.2. The maximum absolute atomic E-state index is 13.2. The summed E-state index contributed by atoms with van der Waals surface area (Å²) in [6.07, 6.45) is 4.14. The molecule has 2 aromatic rings. The monoisotopic (exact) mass is 409 g/mol. The summed E-state index contributed by atoms with van der Waals surface area (Å²) in [4.78, 5) is 27.8. The molecule has 30 heavy (non-hydrogen) atoms. The average molecular weight is 409 g/mol. The second-order valence-corrected chi connectivity index (χ2v) is 8.01. The van der Waals surface area contributed by atoms with Crippen LogP contribution in [0.25, 0.3) is 0 Å². The van der Waals surface area contributed by atoms with E-state index in [1.807, 2.05) is 36.4 Å². The normalized spacial score (nSPS) is 28.8. The number of aromatic nitrogens is 1. The number of nitrogens with zero attached hydrogens (tertiary/aromatic N) is 2. The Bertz CT molecular complexity index is 1010. The first-order chi connectivity index (χ1) is 14.5. The Hall–Kier alpha value is -3.13. The molecule has 3 aliphatic rings. The predicted octanol–water partition coefficient (Wildman–Crippen LogP) is 1.64. The molecule has 2 bridgehead atoms. The molecule has 8 heteroatoms. The van der Waals surface area contributed by atoms with Crippen molar-refractivity contribution in [2.75, 3.05) is 25.1 Å². The Morgan fingerprint density at radius 2 is 2.17 bits per heavy atom. The lowest BCUT2D eigenvalue weighted by Crippen LogP contribution is -2.44. The highest BCUT2D eigenvalue weighted by atomic mass is 16.5. The van der Waals surface area contributed by atoms with Gasteiger partial charge in [-0.05, 0) is 31.0 Å². The van der Waals surface area contributed by atoms with Gasteiger partial charge >= 0.3 is 0 Å². The molecule has 156 valence electrons. The summed E-state index contributed by atoms with van der Waals surface area (Å²) in [5.74, 6) is 0.482. The van der Waals surface area contributed by atoms with Crippen molar-refractivity contribution in [2.24, 2.45) is 11.8 Å². The molecule has 0 aliphatic carbocycles. The number of carbonyl (C=O) groups excluding carboxylic acids is 2. The second kappa shape index (κ2) is 6.98. The third kappa shape index (κ3) is 2.90. The Morgan fingerprint density at radius 1 is 1.37 bits per heavy atom. The van der Waals surface area contributed by atoms with E-state index in [1.54, 1.807) is 25.0 Å². The molecule has 1 aromatic heterocycles. The van der Waals surface area contributed by atoms with Crippen LogP contribution in [0.15, 0.2) is 47.0 Å². The molecule has 4 heterocycles. The van der Waals surface area contributed by atoms with Gasteiger partial charge in [-0.25, -0.2) is 0 Å². The van der Waals surface area contributed by atoms with Crippen molar-refractivity contribution in [2.45, 2.75) is 25.0 Å². The summed E-state index contributed by atoms with van der Waals surface area (Å²) < 4.78 is 16.4. The van der Waals surface area contributed by atoms with Gasteiger partial charge in [-0.3, -0.25) is 14.5 Å². The van der Waals surface area contributed by atoms with Crippen LogP contribution in [-0.4, -0.2) is 48.9 Å². The summed E-state index contributed by atoms with van der Waals surface area (Å²) in [7, 11) is 1.63. The van der Waals surface area contributed by atoms with Crippen LogP contribution >= 0.6 is 0 Å². The molecule has 4 atom stereocenters. The van der Waals surface area contributed by atoms with E-state index in [0.717, 1.165) is 11.3 Å². The summed E-state index contributed by atoms with van der Waals surface area (Å²) >= 11 is 0. The van der Waals surface area contributed by atoms with Crippen LogP contribution in [0, 0.1) is 18.8 Å². The fourth-order valence-electron chi connectivity index (χ4n) is 4.71. The predicted molar refractivity (Wildman–Crippen MR) is 107 cm³/mol. The van der Waals surface area contributed by atoms with Gasteiger partial charge in [-0.2, -0.15) is 0 Å². The van der Waals surface area contributed by atoms with E-state index in [-0.39, 0.29) is 17.9 Å². The number of amides is 2. The van der Waals surface area contributed by atoms with Gasteiger partial charge in [-0.15, -0.1) is 0 Å². The number of hydrogen-bond acceptors (Lipinski definition) is 6. The van der Waals surface area contributed by atoms with E-state index in [9.17, 15) is 9.59 Å². The average Bonchev–Trinajstić information content (AvgIpc) is 3.49. The third-order valence-corrected chi connectivity index (χ3v) is 6.17. The molecule has 5 rings (SSSR count). The molecule has 2 fully saturated rings. The standard InChI is InChI=1S/C22H23N3O5/c1-13-11-17(24-30-13)25-12-22-9-7-16(29-22)18(19(22)21(25)27)20(26)23-10-8-14-3-5-15(28-2)6-4-14/h3-7,9,11,16,18-19H,8,10,12H2,1-2H3,(H,23,26). The Balaban J connectivity index is 1.27. The molecule has 8 nitrogen and oxygen atoms in total. The van der Waals surface area contributed by atoms with Gasteiger partial charge in [0.1, 0.15) is 17.1 Å². The molecule has 0 saturated carbocycles. The SMILES string of the molecule is COc1ccc(CCNC(=O)C2C3C=CC4(CN(c5cc(C)on5)C(=O)C24)O3)cc1. The second-order valence-electron chi connectivity index (χ2n) is 8.01. The molecule has 1 spiro atoms. The highest BCUT2D eigenvalue weighted by Crippen LogP contribution is 2.52. The van der Waals surface area contributed by atoms with Crippen molar-refractivity contribution in [1.29, 1.82) is 0 Å². The van der Waals surface area contributed by atoms with Gasteiger partial charge in [0, 0.05) is 12.6 Å². The molecule has 1 N–H and O–H groups in total. The molecule has 2 amide bonds. The highest BCUT2D eigenvalue weighted by molar-refractivity contribution is 6.02. The molecule has 2 saturated heterocycles. The van der Waals surface area contributed by atoms with E-state index in [1.165, 1.54) is 0 Å². The number of rotatable bonds is 6. The molecule has 4 unspecified atom stereocenters. The van der Waals surface area contributed by atoms with E-state index >= 15 is 0 Å². The lowest BCUT2D eigenvalue weighted by atomic mass is 9.77. The van der Waals surface area contributed by atoms with E-state index in [4.69, 9.17) is 14.0 Å². The molecule has 1 aromatic carbocycles. The van der Waals surface area contributed by atoms with Crippen LogP contribution < -0.4 is 15.0 Å². The number of ether oxygens (including phenoxy) is 2. The quantitative estimate of drug-likeness (QED) is 0.729. The number of carbonyl (C=O) groups is 2. The van der Waals surface area contributed by atoms with E-state index < -0.39 is 17.4 Å². The van der Waals surface area contributed by atoms with Crippen molar-refractivity contribution >= 4 is 17.6 Å². The van der Waals surface area contributed by atoms with Crippen LogP contribution in [0.4, 0.5) is 5.82 Å². The molecule has 3 aliphatic heterocycles. The van der Waals surface area contributed by atoms with Crippen molar-refractivity contribution in [3.05, 3.63) is 53.8 Å². The fourth-order valence-corrected chi connectivity index (χ4v) is 4.71. The Labute approximate surface area is 173 Å². The van der Waals surface area contributed by atoms with Crippen molar-refractivity contribution in [1.82, 2.24) is 10.5 Å². The summed E-state index contributed by atoms with van der Waals surface area (Å²) in [6.45, 7) is 2.60. The fraction of sp³-hybridized carbons (Fsp3) is 0.409. The number of hydrogen-bond donors (Lipinski definition) is 1. The van der Waals surface area contributed by atoms with Crippen LogP contribution in [-0.2, 0) is 20.7 Å². The smallest absolute Gasteiger partial charge is 0.235 e. The van der Waals surface area contributed by atoms with Crippen molar-refractivity contribution < 1.29 is 23.6 Å². The summed E-state index contributed by atoms with van der Waals surface area (Å²) in [6, 6.07) is 9.46. The highest BCUT2D eigenvalue weighted by Gasteiger charge is 2.67. The third-order valence-electron chi connectivity index (χ3n) is 6.17. The number of methoxy groups -OCH3 is 1. The number of nitrogens with one attached hydrogen (secondary N) is 1. The lowest BCUT2D eigenvalue weighted by Gasteiger charge is -2.23. The summed E-state index contributed by atoms with van der Waals surface area (Å²) in [5, 5.41) is 6.95. The van der Waals surface area contributed by atoms with Gasteiger partial charge in [0.2, 0.25) is 11.8 Å². The zero-order chi connectivity index (χ0) is 20.9. The zero-order valence-corrected chi connectivity index (χ0v) is 16.8. The molecular weight excluding hydrogens is 386 g/mol. The number of benzene rings is 1. The van der Waals surface area contributed by atoms with Crippen LogP contribution in [0.3, 0.4) is 0 Å². The molecular formula is C22H23N3O5. The minimum atomic E-state index is -0.771. The van der Waals surface area contributed by atoms with Gasteiger partial charge in [0.05, 0.1) is 31.6 Å². The zero-order valence-electron chi connectivity index (χ0n) is 16.8. The van der Waals surface area contributed by atoms with Crippen molar-refractivity contribution in [3.8, 4) is 5.75 Å². The van der Waals surface area contributed by atoms with Crippen LogP contribution in [0.1, 0.15) is 11.3 Å². The maximum Gasteiger partial charge on any atom is 0.235 e. The topological polar surface area (TPSA) is 93.9 Å². The summed E-state index contributed by atoms with van der Waals surface area (Å²) in [5.41, 5.74) is 0.327. The Morgan fingerprint density at radius 3 is 2.87 bits per heavy atom. The molecule has 0 radical (unpaired) electrons. The van der Waals surface area contributed by atoms with E-state index in [2.05, 4.69) is 10.5 Å². The van der Waals surface area contributed by atoms with Crippen LogP contribution in [0.5, 0.6) is 5.75 Å². The minimum Gasteiger partial charge on any atom is -0.497 e. The van der Waals surface area contributed by atoms with Gasteiger partial charge in [0.25, 0.3) is 0 Å². The largest absolute Gasteiger partial charge is 0.497 e. The minimum absolute atomic E-state index is 0.148. The lowest BCUT2D eigenvalue weighted by molar-refractivity contribution is -0.131. The first-order valence-electron chi connectivity index (χ1n) is 10.0. The van der Waals surface area contributed by atoms with E-state index in [0.29, 0.717) is 31.1 Å².